The van der Waals surface area contributed by atoms with E-state index in [-0.39, 0.29) is 0 Å². The second-order valence-corrected chi connectivity index (χ2v) is 8.34. The number of hydrogen-bond donors (Lipinski definition) is 1. The Morgan fingerprint density at radius 3 is 2.91 bits per heavy atom. The summed E-state index contributed by atoms with van der Waals surface area (Å²) in [7, 11) is 1.60. The number of benzene rings is 2. The van der Waals surface area contributed by atoms with Crippen molar-refractivity contribution in [2.45, 2.75) is 6.54 Å². The predicted octanol–water partition coefficient (Wildman–Crippen LogP) is 4.07. The van der Waals surface area contributed by atoms with Crippen LogP contribution in [0.1, 0.15) is 11.3 Å². The summed E-state index contributed by atoms with van der Waals surface area (Å²) in [6.45, 7) is 1.42. The van der Waals surface area contributed by atoms with Gasteiger partial charge in [0, 0.05) is 23.8 Å². The Hall–Kier alpha value is -3.43. The highest BCUT2D eigenvalue weighted by molar-refractivity contribution is 9.10. The lowest BCUT2D eigenvalue weighted by Gasteiger charge is -2.31. The predicted molar refractivity (Wildman–Crippen MR) is 128 cm³/mol. The molecule has 2 N–H and O–H groups in total. The average Bonchev–Trinajstić information content (AvgIpc) is 3.11. The van der Waals surface area contributed by atoms with E-state index in [0.717, 1.165) is 38.2 Å². The molecule has 5 rings (SSSR count). The highest BCUT2D eigenvalue weighted by Gasteiger charge is 2.25. The van der Waals surface area contributed by atoms with Crippen molar-refractivity contribution in [3.63, 3.8) is 0 Å². The molecule has 0 radical (unpaired) electrons. The van der Waals surface area contributed by atoms with Crippen molar-refractivity contribution in [3.05, 3.63) is 75.1 Å². The van der Waals surface area contributed by atoms with Gasteiger partial charge >= 0.3 is 5.76 Å². The molecule has 2 aromatic carbocycles. The molecule has 0 saturated carbocycles. The lowest BCUT2D eigenvalue weighted by molar-refractivity contribution is 0.186. The first-order chi connectivity index (χ1) is 15.5. The number of oxazole rings is 1. The molecule has 0 atom stereocenters. The Balaban J connectivity index is 1.60. The normalized spacial score (nSPS) is 13.3. The lowest BCUT2D eigenvalue weighted by Crippen LogP contribution is -2.25. The number of rotatable bonds is 5. The first kappa shape index (κ1) is 20.5. The fourth-order valence-corrected chi connectivity index (χ4v) is 4.34. The Kier molecular flexibility index (Phi) is 5.28. The Labute approximate surface area is 192 Å². The summed E-state index contributed by atoms with van der Waals surface area (Å²) in [5.74, 6) is 0.0235. The van der Waals surface area contributed by atoms with E-state index in [4.69, 9.17) is 14.9 Å². The van der Waals surface area contributed by atoms with E-state index >= 15 is 0 Å². The molecule has 0 fully saturated rings. The average molecular weight is 494 g/mol. The maximum Gasteiger partial charge on any atom is 0.420 e. The summed E-state index contributed by atoms with van der Waals surface area (Å²) in [6, 6.07) is 13.8. The van der Waals surface area contributed by atoms with Crippen LogP contribution in [0.15, 0.2) is 62.5 Å². The maximum atomic E-state index is 12.3. The Morgan fingerprint density at radius 2 is 2.09 bits per heavy atom. The van der Waals surface area contributed by atoms with Crippen molar-refractivity contribution < 1.29 is 9.15 Å². The summed E-state index contributed by atoms with van der Waals surface area (Å²) in [5, 5.41) is 0. The zero-order valence-electron chi connectivity index (χ0n) is 17.3. The molecule has 0 aliphatic carbocycles. The molecule has 0 amide bonds. The van der Waals surface area contributed by atoms with Crippen LogP contribution in [0.25, 0.3) is 22.7 Å². The number of methoxy groups -OCH3 is 1. The number of hydrogen-bond acceptors (Lipinski definition) is 7. The highest BCUT2D eigenvalue weighted by Crippen LogP contribution is 2.40. The van der Waals surface area contributed by atoms with Gasteiger partial charge in [-0.25, -0.2) is 14.8 Å². The second-order valence-electron chi connectivity index (χ2n) is 7.42. The minimum Gasteiger partial charge on any atom is -0.408 e. The molecule has 9 heteroatoms. The van der Waals surface area contributed by atoms with Crippen molar-refractivity contribution in [2.24, 2.45) is 0 Å². The molecule has 4 aromatic rings. The van der Waals surface area contributed by atoms with E-state index < -0.39 is 5.76 Å². The first-order valence-electron chi connectivity index (χ1n) is 10.0. The van der Waals surface area contributed by atoms with Crippen LogP contribution in [-0.4, -0.2) is 34.8 Å². The van der Waals surface area contributed by atoms with E-state index in [1.54, 1.807) is 11.7 Å². The number of nitrogen functional groups attached to an aromatic ring is 1. The molecule has 1 aliphatic rings. The molecular weight excluding hydrogens is 474 g/mol. The lowest BCUT2D eigenvalue weighted by atomic mass is 9.99. The van der Waals surface area contributed by atoms with E-state index in [1.165, 1.54) is 6.33 Å². The van der Waals surface area contributed by atoms with Crippen LogP contribution in [0, 0.1) is 0 Å². The zero-order chi connectivity index (χ0) is 22.2. The van der Waals surface area contributed by atoms with Gasteiger partial charge in [0.25, 0.3) is 0 Å². The SMILES string of the molecule is COCCn1c(=O)oc2cc(C3=Cc4ncnc(N)c4N(c4cccc(Br)c4)C3)ccc21. The van der Waals surface area contributed by atoms with Crippen molar-refractivity contribution in [1.82, 2.24) is 14.5 Å². The topological polar surface area (TPSA) is 99.4 Å². The van der Waals surface area contributed by atoms with Crippen LogP contribution in [0.4, 0.5) is 17.2 Å². The van der Waals surface area contributed by atoms with Crippen LogP contribution in [0.5, 0.6) is 0 Å². The van der Waals surface area contributed by atoms with Gasteiger partial charge in [-0.2, -0.15) is 0 Å². The molecule has 0 unspecified atom stereocenters. The van der Waals surface area contributed by atoms with Gasteiger partial charge in [0.1, 0.15) is 12.0 Å². The van der Waals surface area contributed by atoms with Gasteiger partial charge in [-0.3, -0.25) is 4.57 Å². The van der Waals surface area contributed by atoms with Gasteiger partial charge in [0.2, 0.25) is 0 Å². The molecule has 0 bridgehead atoms. The monoisotopic (exact) mass is 493 g/mol. The van der Waals surface area contributed by atoms with E-state index in [0.29, 0.717) is 31.1 Å². The number of nitrogens with two attached hydrogens (primary N) is 1. The quantitative estimate of drug-likeness (QED) is 0.447. The standard InChI is InChI=1S/C23H20BrN5O3/c1-31-8-7-28-19-6-5-14(10-20(19)32-23(28)30)15-9-18-21(22(25)27-13-26-18)29(12-15)17-4-2-3-16(24)11-17/h2-6,9-11,13H,7-8,12H2,1H3,(H2,25,26,27). The Morgan fingerprint density at radius 1 is 1.22 bits per heavy atom. The van der Waals surface area contributed by atoms with Crippen LogP contribution >= 0.6 is 15.9 Å². The third-order valence-electron chi connectivity index (χ3n) is 5.47. The Bertz CT molecular complexity index is 1410. The van der Waals surface area contributed by atoms with Crippen molar-refractivity contribution >= 4 is 55.9 Å². The molecule has 162 valence electrons. The number of ether oxygens (including phenoxy) is 1. The molecule has 0 saturated heterocycles. The summed E-state index contributed by atoms with van der Waals surface area (Å²) in [6.07, 6.45) is 3.47. The smallest absolute Gasteiger partial charge is 0.408 e. The highest BCUT2D eigenvalue weighted by atomic mass is 79.9. The van der Waals surface area contributed by atoms with E-state index in [2.05, 4.69) is 30.8 Å². The van der Waals surface area contributed by atoms with Crippen molar-refractivity contribution in [3.8, 4) is 0 Å². The summed E-state index contributed by atoms with van der Waals surface area (Å²) < 4.78 is 13.1. The summed E-state index contributed by atoms with van der Waals surface area (Å²) >= 11 is 3.54. The number of aromatic nitrogens is 3. The van der Waals surface area contributed by atoms with Gasteiger partial charge in [-0.1, -0.05) is 28.1 Å². The van der Waals surface area contributed by atoms with Crippen LogP contribution in [0.2, 0.25) is 0 Å². The zero-order valence-corrected chi connectivity index (χ0v) is 18.9. The van der Waals surface area contributed by atoms with Crippen LogP contribution < -0.4 is 16.4 Å². The number of nitrogens with zero attached hydrogens (tertiary/aromatic N) is 4. The third kappa shape index (κ3) is 3.59. The van der Waals surface area contributed by atoms with Gasteiger partial charge < -0.3 is 19.8 Å². The van der Waals surface area contributed by atoms with E-state index in [1.807, 2.05) is 48.5 Å². The minimum atomic E-state index is -0.395. The fourth-order valence-electron chi connectivity index (χ4n) is 3.95. The van der Waals surface area contributed by atoms with Gasteiger partial charge in [-0.15, -0.1) is 0 Å². The van der Waals surface area contributed by atoms with Gasteiger partial charge in [0.15, 0.2) is 11.4 Å². The second kappa shape index (κ2) is 8.25. The van der Waals surface area contributed by atoms with Crippen molar-refractivity contribution in [1.29, 1.82) is 0 Å². The number of fused-ring (bicyclic) bond motifs is 2. The summed E-state index contributed by atoms with van der Waals surface area (Å²) in [5.41, 5.74) is 11.9. The summed E-state index contributed by atoms with van der Waals surface area (Å²) in [4.78, 5) is 23.0. The van der Waals surface area contributed by atoms with Gasteiger partial charge in [0.05, 0.1) is 24.4 Å². The van der Waals surface area contributed by atoms with Gasteiger partial charge in [-0.05, 0) is 47.5 Å². The number of halogens is 1. The van der Waals surface area contributed by atoms with Crippen LogP contribution in [0.3, 0.4) is 0 Å². The molecule has 1 aliphatic heterocycles. The first-order valence-corrected chi connectivity index (χ1v) is 10.8. The van der Waals surface area contributed by atoms with Crippen molar-refractivity contribution in [2.75, 3.05) is 30.9 Å². The number of anilines is 3. The fraction of sp³-hybridized carbons (Fsp3) is 0.174. The molecular formula is C23H20BrN5O3. The molecule has 8 nitrogen and oxygen atoms in total. The maximum absolute atomic E-state index is 12.3. The minimum absolute atomic E-state index is 0.395. The third-order valence-corrected chi connectivity index (χ3v) is 5.96. The largest absolute Gasteiger partial charge is 0.420 e. The molecule has 3 heterocycles. The van der Waals surface area contributed by atoms with E-state index in [9.17, 15) is 4.79 Å². The molecule has 32 heavy (non-hydrogen) atoms. The molecule has 2 aromatic heterocycles. The van der Waals surface area contributed by atoms with Crippen LogP contribution in [-0.2, 0) is 11.3 Å². The molecule has 0 spiro atoms.